The molecule has 0 aromatic carbocycles. The minimum absolute atomic E-state index is 0.253. The predicted molar refractivity (Wildman–Crippen MR) is 55.0 cm³/mol. The van der Waals surface area contributed by atoms with E-state index in [4.69, 9.17) is 9.84 Å². The van der Waals surface area contributed by atoms with Gasteiger partial charge in [0.25, 0.3) is 0 Å². The van der Waals surface area contributed by atoms with Crippen LogP contribution in [-0.2, 0) is 14.3 Å². The van der Waals surface area contributed by atoms with Crippen molar-refractivity contribution in [3.05, 3.63) is 12.2 Å². The highest BCUT2D eigenvalue weighted by Crippen LogP contribution is 1.95. The topological polar surface area (TPSA) is 55.8 Å². The Kier molecular flexibility index (Phi) is 11.4. The van der Waals surface area contributed by atoms with Gasteiger partial charge in [0.2, 0.25) is 0 Å². The Morgan fingerprint density at radius 3 is 2.21 bits per heavy atom. The Hall–Kier alpha value is -0.870. The molecule has 0 aliphatic heterocycles. The van der Waals surface area contributed by atoms with Gasteiger partial charge in [-0.25, -0.2) is 4.79 Å². The molecule has 0 fully saturated rings. The second-order valence-corrected chi connectivity index (χ2v) is 2.96. The molecular formula is C10H20O4. The highest BCUT2D eigenvalue weighted by atomic mass is 16.5. The van der Waals surface area contributed by atoms with Gasteiger partial charge in [0.05, 0.1) is 12.7 Å². The van der Waals surface area contributed by atoms with Crippen molar-refractivity contribution < 1.29 is 19.4 Å². The number of carbonyl (C=O) groups excluding carboxylic acids is 1. The van der Waals surface area contributed by atoms with Gasteiger partial charge in [-0.05, 0) is 13.8 Å². The first-order valence-electron chi connectivity index (χ1n) is 4.36. The van der Waals surface area contributed by atoms with Gasteiger partial charge in [0.15, 0.2) is 0 Å². The molecule has 1 N–H and O–H groups in total. The quantitative estimate of drug-likeness (QED) is 0.551. The third kappa shape index (κ3) is 13.7. The lowest BCUT2D eigenvalue weighted by Crippen LogP contribution is -2.10. The Morgan fingerprint density at radius 2 is 1.93 bits per heavy atom. The van der Waals surface area contributed by atoms with E-state index in [1.165, 1.54) is 0 Å². The molecule has 0 aromatic heterocycles. The molecule has 0 spiro atoms. The normalized spacial score (nSPS) is 10.9. The SMILES string of the molecule is C=C(C)C(=O)OCCC(C)O.COC. The summed E-state index contributed by atoms with van der Waals surface area (Å²) in [6.45, 7) is 6.90. The molecule has 14 heavy (non-hydrogen) atoms. The average molecular weight is 204 g/mol. The van der Waals surface area contributed by atoms with E-state index in [9.17, 15) is 4.79 Å². The van der Waals surface area contributed by atoms with E-state index in [1.54, 1.807) is 28.1 Å². The van der Waals surface area contributed by atoms with Gasteiger partial charge in [0.1, 0.15) is 0 Å². The fourth-order valence-electron chi connectivity index (χ4n) is 0.445. The summed E-state index contributed by atoms with van der Waals surface area (Å²) in [6, 6.07) is 0. The summed E-state index contributed by atoms with van der Waals surface area (Å²) in [5.74, 6) is -0.398. The summed E-state index contributed by atoms with van der Waals surface area (Å²) in [4.78, 5) is 10.7. The molecule has 0 saturated carbocycles. The van der Waals surface area contributed by atoms with Crippen molar-refractivity contribution in [2.75, 3.05) is 20.8 Å². The minimum Gasteiger partial charge on any atom is -0.462 e. The number of hydrogen-bond donors (Lipinski definition) is 1. The Bertz CT molecular complexity index is 164. The zero-order chi connectivity index (χ0) is 11.6. The summed E-state index contributed by atoms with van der Waals surface area (Å²) < 4.78 is 8.97. The molecule has 0 amide bonds. The number of esters is 1. The Morgan fingerprint density at radius 1 is 1.50 bits per heavy atom. The van der Waals surface area contributed by atoms with Gasteiger partial charge in [-0.15, -0.1) is 0 Å². The molecule has 1 unspecified atom stereocenters. The van der Waals surface area contributed by atoms with Gasteiger partial charge in [-0.3, -0.25) is 0 Å². The van der Waals surface area contributed by atoms with Crippen molar-refractivity contribution >= 4 is 5.97 Å². The van der Waals surface area contributed by atoms with Crippen LogP contribution in [0.4, 0.5) is 0 Å². The summed E-state index contributed by atoms with van der Waals surface area (Å²) in [5, 5.41) is 8.79. The molecule has 4 nitrogen and oxygen atoms in total. The standard InChI is InChI=1S/C8H14O3.C2H6O/c1-6(2)8(10)11-5-4-7(3)9;1-3-2/h7,9H,1,4-5H2,2-3H3;1-2H3. The molecule has 4 heteroatoms. The van der Waals surface area contributed by atoms with Gasteiger partial charge < -0.3 is 14.6 Å². The molecule has 1 atom stereocenters. The Balaban J connectivity index is 0. The molecular weight excluding hydrogens is 184 g/mol. The zero-order valence-corrected chi connectivity index (χ0v) is 9.37. The van der Waals surface area contributed by atoms with Crippen molar-refractivity contribution in [2.24, 2.45) is 0 Å². The third-order valence-electron chi connectivity index (χ3n) is 1.12. The van der Waals surface area contributed by atoms with E-state index in [-0.39, 0.29) is 6.61 Å². The maximum atomic E-state index is 10.7. The first-order valence-corrected chi connectivity index (χ1v) is 4.36. The fourth-order valence-corrected chi connectivity index (χ4v) is 0.445. The second-order valence-electron chi connectivity index (χ2n) is 2.96. The molecule has 0 heterocycles. The Labute approximate surface area is 85.5 Å². The largest absolute Gasteiger partial charge is 0.462 e. The monoisotopic (exact) mass is 204 g/mol. The maximum Gasteiger partial charge on any atom is 0.333 e. The van der Waals surface area contributed by atoms with E-state index in [2.05, 4.69) is 11.3 Å². The number of aliphatic hydroxyl groups excluding tert-OH is 1. The van der Waals surface area contributed by atoms with Gasteiger partial charge in [-0.1, -0.05) is 6.58 Å². The molecule has 0 rings (SSSR count). The lowest BCUT2D eigenvalue weighted by molar-refractivity contribution is -0.139. The van der Waals surface area contributed by atoms with Crippen molar-refractivity contribution in [2.45, 2.75) is 26.4 Å². The van der Waals surface area contributed by atoms with Crippen LogP contribution in [0.2, 0.25) is 0 Å². The second kappa shape index (κ2) is 10.2. The van der Waals surface area contributed by atoms with Crippen molar-refractivity contribution in [3.8, 4) is 0 Å². The smallest absolute Gasteiger partial charge is 0.333 e. The van der Waals surface area contributed by atoms with Crippen molar-refractivity contribution in [1.82, 2.24) is 0 Å². The fraction of sp³-hybridized carbons (Fsp3) is 0.700. The summed E-state index contributed by atoms with van der Waals surface area (Å²) in [5.41, 5.74) is 0.385. The van der Waals surface area contributed by atoms with E-state index >= 15 is 0 Å². The van der Waals surface area contributed by atoms with E-state index in [0.717, 1.165) is 0 Å². The maximum absolute atomic E-state index is 10.7. The van der Waals surface area contributed by atoms with Crippen LogP contribution in [0.15, 0.2) is 12.2 Å². The first kappa shape index (κ1) is 15.6. The van der Waals surface area contributed by atoms with Crippen LogP contribution < -0.4 is 0 Å². The van der Waals surface area contributed by atoms with Crippen molar-refractivity contribution in [3.63, 3.8) is 0 Å². The van der Waals surface area contributed by atoms with Crippen LogP contribution in [0.25, 0.3) is 0 Å². The van der Waals surface area contributed by atoms with Crippen LogP contribution in [0.5, 0.6) is 0 Å². The highest BCUT2D eigenvalue weighted by molar-refractivity contribution is 5.86. The number of hydrogen-bond acceptors (Lipinski definition) is 4. The lowest BCUT2D eigenvalue weighted by Gasteiger charge is -2.05. The number of methoxy groups -OCH3 is 1. The molecule has 84 valence electrons. The number of ether oxygens (including phenoxy) is 2. The molecule has 0 aliphatic carbocycles. The predicted octanol–water partition coefficient (Wildman–Crippen LogP) is 1.14. The van der Waals surface area contributed by atoms with Crippen LogP contribution in [0.3, 0.4) is 0 Å². The van der Waals surface area contributed by atoms with Gasteiger partial charge in [0, 0.05) is 26.2 Å². The third-order valence-corrected chi connectivity index (χ3v) is 1.12. The average Bonchev–Trinajstić information content (AvgIpc) is 2.04. The molecule has 0 saturated heterocycles. The van der Waals surface area contributed by atoms with E-state index in [1.807, 2.05) is 0 Å². The van der Waals surface area contributed by atoms with Crippen molar-refractivity contribution in [1.29, 1.82) is 0 Å². The van der Waals surface area contributed by atoms with E-state index in [0.29, 0.717) is 12.0 Å². The van der Waals surface area contributed by atoms with Crippen LogP contribution in [0.1, 0.15) is 20.3 Å². The zero-order valence-electron chi connectivity index (χ0n) is 9.37. The lowest BCUT2D eigenvalue weighted by atomic mass is 10.3. The summed E-state index contributed by atoms with van der Waals surface area (Å²) >= 11 is 0. The summed E-state index contributed by atoms with van der Waals surface area (Å²) in [7, 11) is 3.25. The first-order chi connectivity index (χ1) is 6.45. The molecule has 0 aromatic rings. The number of rotatable bonds is 4. The van der Waals surface area contributed by atoms with Gasteiger partial charge in [-0.2, -0.15) is 0 Å². The summed E-state index contributed by atoms with van der Waals surface area (Å²) in [6.07, 6.45) is 0.0480. The van der Waals surface area contributed by atoms with Gasteiger partial charge >= 0.3 is 5.97 Å². The molecule has 0 bridgehead atoms. The van der Waals surface area contributed by atoms with Crippen LogP contribution >= 0.6 is 0 Å². The van der Waals surface area contributed by atoms with Crippen LogP contribution in [0, 0.1) is 0 Å². The highest BCUT2D eigenvalue weighted by Gasteiger charge is 2.03. The van der Waals surface area contributed by atoms with Crippen LogP contribution in [-0.4, -0.2) is 38.0 Å². The number of carbonyl (C=O) groups is 1. The van der Waals surface area contributed by atoms with E-state index < -0.39 is 12.1 Å². The molecule has 0 aliphatic rings. The molecule has 0 radical (unpaired) electrons. The minimum atomic E-state index is -0.423. The number of aliphatic hydroxyl groups is 1.